The van der Waals surface area contributed by atoms with Gasteiger partial charge in [-0.2, -0.15) is 5.10 Å². The van der Waals surface area contributed by atoms with Crippen LogP contribution in [-0.2, 0) is 11.2 Å². The molecule has 0 aromatic heterocycles. The van der Waals surface area contributed by atoms with E-state index in [-0.39, 0.29) is 5.75 Å². The van der Waals surface area contributed by atoms with Crippen LogP contribution in [0.15, 0.2) is 47.6 Å². The molecule has 0 unspecified atom stereocenters. The predicted molar refractivity (Wildman–Crippen MR) is 99.3 cm³/mol. The van der Waals surface area contributed by atoms with Crippen molar-refractivity contribution in [2.24, 2.45) is 5.10 Å². The molecule has 5 nitrogen and oxygen atoms in total. The molecule has 0 spiro atoms. The molecular weight excluding hydrogens is 340 g/mol. The lowest BCUT2D eigenvalue weighted by Crippen LogP contribution is -2.29. The molecule has 2 aromatic carbocycles. The van der Waals surface area contributed by atoms with E-state index in [0.717, 1.165) is 11.1 Å². The summed E-state index contributed by atoms with van der Waals surface area (Å²) in [7, 11) is 0. The summed E-state index contributed by atoms with van der Waals surface area (Å²) in [5.41, 5.74) is 4.11. The van der Waals surface area contributed by atoms with E-state index >= 15 is 0 Å². The van der Waals surface area contributed by atoms with Gasteiger partial charge < -0.3 is 9.84 Å². The monoisotopic (exact) mass is 360 g/mol. The maximum absolute atomic E-state index is 11.6. The molecule has 0 radical (unpaired) electrons. The smallest absolute Gasteiger partial charge is 0.428 e. The number of hydrogen-bond acceptors (Lipinski definition) is 4. The number of nitrogens with one attached hydrogen (secondary N) is 1. The maximum Gasteiger partial charge on any atom is 0.428 e. The average Bonchev–Trinajstić information content (AvgIpc) is 2.51. The second-order valence-corrected chi connectivity index (χ2v) is 6.94. The number of phenols is 1. The fourth-order valence-corrected chi connectivity index (χ4v) is 2.34. The van der Waals surface area contributed by atoms with Crippen molar-refractivity contribution in [3.8, 4) is 5.75 Å². The first kappa shape index (κ1) is 18.8. The maximum atomic E-state index is 11.6. The molecule has 0 atom stereocenters. The van der Waals surface area contributed by atoms with Gasteiger partial charge in [-0.25, -0.2) is 10.2 Å². The Morgan fingerprint density at radius 3 is 2.68 bits per heavy atom. The van der Waals surface area contributed by atoms with Crippen LogP contribution in [0.1, 0.15) is 37.5 Å². The average molecular weight is 361 g/mol. The van der Waals surface area contributed by atoms with Crippen molar-refractivity contribution in [3.63, 3.8) is 0 Å². The summed E-state index contributed by atoms with van der Waals surface area (Å²) in [6.07, 6.45) is 1.34. The van der Waals surface area contributed by atoms with Gasteiger partial charge in [0, 0.05) is 10.6 Å². The van der Waals surface area contributed by atoms with Gasteiger partial charge in [0.05, 0.1) is 6.21 Å². The van der Waals surface area contributed by atoms with Crippen LogP contribution in [0.3, 0.4) is 0 Å². The first-order valence-corrected chi connectivity index (χ1v) is 8.20. The van der Waals surface area contributed by atoms with Crippen LogP contribution < -0.4 is 5.43 Å². The number of rotatable bonds is 4. The number of hydrogen-bond donors (Lipinski definition) is 2. The van der Waals surface area contributed by atoms with Gasteiger partial charge in [0.25, 0.3) is 0 Å². The van der Waals surface area contributed by atoms with Crippen molar-refractivity contribution < 1.29 is 14.6 Å². The third-order valence-corrected chi connectivity index (χ3v) is 3.57. The number of aromatic hydroxyl groups is 1. The van der Waals surface area contributed by atoms with E-state index in [4.69, 9.17) is 16.3 Å². The summed E-state index contributed by atoms with van der Waals surface area (Å²) in [5, 5.41) is 14.5. The highest BCUT2D eigenvalue weighted by Crippen LogP contribution is 2.22. The van der Waals surface area contributed by atoms with E-state index in [1.54, 1.807) is 32.9 Å². The number of hydrazone groups is 1. The van der Waals surface area contributed by atoms with Crippen LogP contribution >= 0.6 is 11.6 Å². The highest BCUT2D eigenvalue weighted by atomic mass is 35.5. The molecule has 1 amide bonds. The van der Waals surface area contributed by atoms with Crippen LogP contribution in [-0.4, -0.2) is 23.0 Å². The number of amides is 1. The molecule has 2 rings (SSSR count). The molecule has 2 N–H and O–H groups in total. The van der Waals surface area contributed by atoms with Gasteiger partial charge in [0.2, 0.25) is 0 Å². The predicted octanol–water partition coefficient (Wildman–Crippen LogP) is 4.50. The highest BCUT2D eigenvalue weighted by molar-refractivity contribution is 6.31. The highest BCUT2D eigenvalue weighted by Gasteiger charge is 2.15. The van der Waals surface area contributed by atoms with Gasteiger partial charge >= 0.3 is 6.09 Å². The van der Waals surface area contributed by atoms with Crippen molar-refractivity contribution in [1.82, 2.24) is 5.43 Å². The molecule has 0 heterocycles. The second-order valence-electron chi connectivity index (χ2n) is 6.53. The van der Waals surface area contributed by atoms with E-state index < -0.39 is 11.7 Å². The molecule has 0 bridgehead atoms. The zero-order valence-electron chi connectivity index (χ0n) is 14.4. The quantitative estimate of drug-likeness (QED) is 0.623. The fourth-order valence-electron chi connectivity index (χ4n) is 2.13. The lowest BCUT2D eigenvalue weighted by atomic mass is 10.0. The van der Waals surface area contributed by atoms with Crippen LogP contribution in [0.25, 0.3) is 0 Å². The first-order valence-electron chi connectivity index (χ1n) is 7.82. The van der Waals surface area contributed by atoms with Gasteiger partial charge in [-0.1, -0.05) is 35.9 Å². The number of nitrogens with zero attached hydrogens (tertiary/aromatic N) is 1. The Labute approximate surface area is 152 Å². The number of ether oxygens (including phenoxy) is 1. The summed E-state index contributed by atoms with van der Waals surface area (Å²) in [6, 6.07) is 12.8. The molecule has 132 valence electrons. The van der Waals surface area contributed by atoms with E-state index in [0.29, 0.717) is 17.0 Å². The van der Waals surface area contributed by atoms with Crippen molar-refractivity contribution in [1.29, 1.82) is 0 Å². The number of halogens is 1. The van der Waals surface area contributed by atoms with E-state index in [2.05, 4.69) is 10.5 Å². The molecule has 0 fully saturated rings. The third-order valence-electron chi connectivity index (χ3n) is 3.20. The van der Waals surface area contributed by atoms with Crippen LogP contribution in [0.4, 0.5) is 4.79 Å². The van der Waals surface area contributed by atoms with Gasteiger partial charge in [-0.3, -0.25) is 0 Å². The molecular formula is C19H21ClN2O3. The standard InChI is InChI=1S/C19H21ClN2O3/c1-19(2,3)25-18(24)22-21-12-15-11-13(8-9-17(15)23)10-14-6-4-5-7-16(14)20/h4-9,11-12,23H,10H2,1-3H3,(H,22,24)/b21-12-. The van der Waals surface area contributed by atoms with Gasteiger partial charge in [-0.05, 0) is 56.5 Å². The SMILES string of the molecule is CC(C)(C)OC(=O)N/N=C\c1cc(Cc2ccccc2Cl)ccc1O. The van der Waals surface area contributed by atoms with E-state index in [1.807, 2.05) is 30.3 Å². The Hall–Kier alpha value is -2.53. The normalized spacial score (nSPS) is 11.5. The Morgan fingerprint density at radius 2 is 2.00 bits per heavy atom. The Bertz CT molecular complexity index is 782. The van der Waals surface area contributed by atoms with Crippen LogP contribution in [0, 0.1) is 0 Å². The van der Waals surface area contributed by atoms with E-state index in [9.17, 15) is 9.90 Å². The van der Waals surface area contributed by atoms with Crippen molar-refractivity contribution in [3.05, 3.63) is 64.2 Å². The van der Waals surface area contributed by atoms with Gasteiger partial charge in [0.1, 0.15) is 11.4 Å². The van der Waals surface area contributed by atoms with Crippen LogP contribution in [0.2, 0.25) is 5.02 Å². The third kappa shape index (κ3) is 6.12. The number of carbonyl (C=O) groups is 1. The molecule has 0 saturated heterocycles. The fraction of sp³-hybridized carbons (Fsp3) is 0.263. The zero-order valence-corrected chi connectivity index (χ0v) is 15.2. The molecule has 0 saturated carbocycles. The first-order chi connectivity index (χ1) is 11.7. The second kappa shape index (κ2) is 8.03. The topological polar surface area (TPSA) is 70.9 Å². The van der Waals surface area contributed by atoms with Crippen molar-refractivity contribution in [2.75, 3.05) is 0 Å². The molecule has 0 aliphatic heterocycles. The molecule has 0 aliphatic rings. The summed E-state index contributed by atoms with van der Waals surface area (Å²) < 4.78 is 5.08. The largest absolute Gasteiger partial charge is 0.507 e. The lowest BCUT2D eigenvalue weighted by molar-refractivity contribution is 0.0529. The Morgan fingerprint density at radius 1 is 1.28 bits per heavy atom. The minimum Gasteiger partial charge on any atom is -0.507 e. The zero-order chi connectivity index (χ0) is 18.4. The molecule has 25 heavy (non-hydrogen) atoms. The van der Waals surface area contributed by atoms with Gasteiger partial charge in [-0.15, -0.1) is 0 Å². The number of carbonyl (C=O) groups excluding carboxylic acids is 1. The summed E-state index contributed by atoms with van der Waals surface area (Å²) >= 11 is 6.18. The molecule has 2 aromatic rings. The Balaban J connectivity index is 2.07. The van der Waals surface area contributed by atoms with Crippen LogP contribution in [0.5, 0.6) is 5.75 Å². The molecule has 0 aliphatic carbocycles. The van der Waals surface area contributed by atoms with Gasteiger partial charge in [0.15, 0.2) is 0 Å². The number of benzene rings is 2. The summed E-state index contributed by atoms with van der Waals surface area (Å²) in [5.74, 6) is 0.0673. The van der Waals surface area contributed by atoms with E-state index in [1.165, 1.54) is 6.21 Å². The van der Waals surface area contributed by atoms with Crippen molar-refractivity contribution in [2.45, 2.75) is 32.8 Å². The minimum absolute atomic E-state index is 0.0673. The summed E-state index contributed by atoms with van der Waals surface area (Å²) in [4.78, 5) is 11.6. The summed E-state index contributed by atoms with van der Waals surface area (Å²) in [6.45, 7) is 5.29. The minimum atomic E-state index is -0.657. The van der Waals surface area contributed by atoms with Crippen molar-refractivity contribution >= 4 is 23.9 Å². The lowest BCUT2D eigenvalue weighted by Gasteiger charge is -2.18. The Kier molecular flexibility index (Phi) is 6.04. The molecule has 6 heteroatoms. The number of phenolic OH excluding ortho intramolecular Hbond substituents is 1.